The lowest BCUT2D eigenvalue weighted by Crippen LogP contribution is -2.24. The highest BCUT2D eigenvalue weighted by Crippen LogP contribution is 2.46. The molecule has 166 valence electrons. The Hall–Kier alpha value is -3.36. The van der Waals surface area contributed by atoms with Gasteiger partial charge in [-0.3, -0.25) is 9.78 Å². The Balaban J connectivity index is 1.51. The van der Waals surface area contributed by atoms with Crippen molar-refractivity contribution in [2.24, 2.45) is 0 Å². The van der Waals surface area contributed by atoms with E-state index in [4.69, 9.17) is 10.1 Å². The van der Waals surface area contributed by atoms with E-state index < -0.39 is 0 Å². The fourth-order valence-corrected chi connectivity index (χ4v) is 5.84. The summed E-state index contributed by atoms with van der Waals surface area (Å²) in [7, 11) is 2.03. The molecule has 7 nitrogen and oxygen atoms in total. The fourth-order valence-electron chi connectivity index (χ4n) is 4.73. The van der Waals surface area contributed by atoms with Crippen molar-refractivity contribution in [2.75, 3.05) is 12.4 Å². The lowest BCUT2D eigenvalue weighted by molar-refractivity contribution is -0.114. The van der Waals surface area contributed by atoms with Crippen LogP contribution in [0.2, 0.25) is 0 Å². The van der Waals surface area contributed by atoms with E-state index in [9.17, 15) is 4.79 Å². The molecule has 0 unspecified atom stereocenters. The standard InChI is InChI=1S/C25H24N6OS/c1-15(32)28-24-29-20-10-9-19-21(16-4-3-13-27-14-16)30-31(22(19)23(20)33-24)18-7-5-17(6-8-18)25(26-2)11-12-25/h3-8,13-14,26H,9-12H2,1-2H3,(H,28,29,32). The van der Waals surface area contributed by atoms with Crippen molar-refractivity contribution in [2.45, 2.75) is 38.1 Å². The van der Waals surface area contributed by atoms with E-state index in [0.717, 1.165) is 46.1 Å². The Labute approximate surface area is 195 Å². The topological polar surface area (TPSA) is 84.7 Å². The quantitative estimate of drug-likeness (QED) is 0.467. The molecule has 0 aliphatic heterocycles. The van der Waals surface area contributed by atoms with Crippen molar-refractivity contribution in [1.82, 2.24) is 25.1 Å². The highest BCUT2D eigenvalue weighted by Gasteiger charge is 2.42. The van der Waals surface area contributed by atoms with Crippen molar-refractivity contribution < 1.29 is 4.79 Å². The van der Waals surface area contributed by atoms with Crippen LogP contribution in [0.4, 0.5) is 5.13 Å². The second kappa shape index (κ2) is 7.60. The minimum atomic E-state index is -0.111. The number of aryl methyl sites for hydroxylation is 1. The van der Waals surface area contributed by atoms with Crippen LogP contribution in [0.1, 0.15) is 36.6 Å². The maximum absolute atomic E-state index is 11.6. The first-order valence-corrected chi connectivity index (χ1v) is 12.0. The Morgan fingerprint density at radius 2 is 1.97 bits per heavy atom. The lowest BCUT2D eigenvalue weighted by Gasteiger charge is -2.16. The number of thiazole rings is 1. The zero-order valence-electron chi connectivity index (χ0n) is 18.6. The van der Waals surface area contributed by atoms with Crippen LogP contribution >= 0.6 is 11.3 Å². The minimum absolute atomic E-state index is 0.111. The number of amides is 1. The van der Waals surface area contributed by atoms with Gasteiger partial charge in [-0.15, -0.1) is 0 Å². The summed E-state index contributed by atoms with van der Waals surface area (Å²) in [5.74, 6) is -0.111. The molecular weight excluding hydrogens is 432 g/mol. The molecule has 33 heavy (non-hydrogen) atoms. The molecule has 2 aliphatic carbocycles. The van der Waals surface area contributed by atoms with Crippen LogP contribution in [0.25, 0.3) is 27.5 Å². The average Bonchev–Trinajstić information content (AvgIpc) is 3.38. The maximum Gasteiger partial charge on any atom is 0.223 e. The zero-order valence-corrected chi connectivity index (χ0v) is 19.4. The van der Waals surface area contributed by atoms with Crippen LogP contribution in [0.15, 0.2) is 48.8 Å². The number of nitrogens with one attached hydrogen (secondary N) is 2. The van der Waals surface area contributed by atoms with E-state index in [0.29, 0.717) is 5.13 Å². The van der Waals surface area contributed by atoms with E-state index >= 15 is 0 Å². The molecule has 2 aliphatic rings. The normalized spacial score (nSPS) is 15.6. The SMILES string of the molecule is CNC1(c2ccc(-n3nc(-c4cccnc4)c4c3-c3sc(NC(C)=O)nc3CC4)cc2)CC1. The number of hydrogen-bond acceptors (Lipinski definition) is 6. The van der Waals surface area contributed by atoms with Gasteiger partial charge in [0.2, 0.25) is 5.91 Å². The summed E-state index contributed by atoms with van der Waals surface area (Å²) in [5, 5.41) is 12.0. The average molecular weight is 457 g/mol. The monoisotopic (exact) mass is 456 g/mol. The van der Waals surface area contributed by atoms with Crippen LogP contribution in [0, 0.1) is 0 Å². The lowest BCUT2D eigenvalue weighted by atomic mass is 9.95. The van der Waals surface area contributed by atoms with Gasteiger partial charge in [0.05, 0.1) is 27.6 Å². The molecule has 2 N–H and O–H groups in total. The zero-order chi connectivity index (χ0) is 22.6. The largest absolute Gasteiger partial charge is 0.310 e. The summed E-state index contributed by atoms with van der Waals surface area (Å²) in [6, 6.07) is 12.7. The predicted molar refractivity (Wildman–Crippen MR) is 130 cm³/mol. The van der Waals surface area contributed by atoms with Gasteiger partial charge in [0.1, 0.15) is 0 Å². The second-order valence-corrected chi connectivity index (χ2v) is 9.68. The van der Waals surface area contributed by atoms with Gasteiger partial charge >= 0.3 is 0 Å². The number of rotatable bonds is 5. The molecule has 3 aromatic heterocycles. The highest BCUT2D eigenvalue weighted by molar-refractivity contribution is 7.19. The molecular formula is C25H24N6OS. The van der Waals surface area contributed by atoms with Gasteiger partial charge in [0, 0.05) is 36.0 Å². The van der Waals surface area contributed by atoms with Gasteiger partial charge in [0.25, 0.3) is 0 Å². The maximum atomic E-state index is 11.6. The molecule has 0 bridgehead atoms. The molecule has 6 rings (SSSR count). The van der Waals surface area contributed by atoms with Gasteiger partial charge in [-0.05, 0) is 62.6 Å². The Bertz CT molecular complexity index is 1350. The third-order valence-corrected chi connectivity index (χ3v) is 7.64. The number of benzene rings is 1. The van der Waals surface area contributed by atoms with Gasteiger partial charge in [-0.2, -0.15) is 5.10 Å². The van der Waals surface area contributed by atoms with Crippen LogP contribution < -0.4 is 10.6 Å². The predicted octanol–water partition coefficient (Wildman–Crippen LogP) is 4.32. The molecule has 0 radical (unpaired) electrons. The van der Waals surface area contributed by atoms with Crippen molar-refractivity contribution in [3.63, 3.8) is 0 Å². The minimum Gasteiger partial charge on any atom is -0.310 e. The van der Waals surface area contributed by atoms with Gasteiger partial charge < -0.3 is 10.6 Å². The van der Waals surface area contributed by atoms with Crippen molar-refractivity contribution in [3.8, 4) is 27.5 Å². The van der Waals surface area contributed by atoms with E-state index in [1.807, 2.05) is 24.0 Å². The number of carbonyl (C=O) groups is 1. The number of carbonyl (C=O) groups excluding carboxylic acids is 1. The van der Waals surface area contributed by atoms with Gasteiger partial charge in [-0.25, -0.2) is 9.67 Å². The van der Waals surface area contributed by atoms with Crippen molar-refractivity contribution in [1.29, 1.82) is 0 Å². The summed E-state index contributed by atoms with van der Waals surface area (Å²) in [6.07, 6.45) is 7.65. The molecule has 1 amide bonds. The van der Waals surface area contributed by atoms with E-state index in [2.05, 4.69) is 45.9 Å². The third kappa shape index (κ3) is 3.37. The molecule has 0 spiro atoms. The first kappa shape index (κ1) is 20.3. The number of pyridine rings is 1. The van der Waals surface area contributed by atoms with Crippen LogP contribution in [0.5, 0.6) is 0 Å². The van der Waals surface area contributed by atoms with Crippen LogP contribution in [0.3, 0.4) is 0 Å². The molecule has 0 atom stereocenters. The molecule has 4 aromatic rings. The molecule has 8 heteroatoms. The summed E-state index contributed by atoms with van der Waals surface area (Å²) in [6.45, 7) is 1.51. The summed E-state index contributed by atoms with van der Waals surface area (Å²) in [4.78, 5) is 21.7. The third-order valence-electron chi connectivity index (χ3n) is 6.62. The van der Waals surface area contributed by atoms with E-state index in [1.165, 1.54) is 42.2 Å². The number of anilines is 1. The molecule has 1 saturated carbocycles. The summed E-state index contributed by atoms with van der Waals surface area (Å²) in [5.41, 5.74) is 7.69. The Morgan fingerprint density at radius 1 is 1.15 bits per heavy atom. The number of fused-ring (bicyclic) bond motifs is 3. The van der Waals surface area contributed by atoms with Gasteiger partial charge in [0.15, 0.2) is 5.13 Å². The van der Waals surface area contributed by atoms with E-state index in [1.54, 1.807) is 6.20 Å². The summed E-state index contributed by atoms with van der Waals surface area (Å²) >= 11 is 1.52. The smallest absolute Gasteiger partial charge is 0.223 e. The molecule has 1 aromatic carbocycles. The van der Waals surface area contributed by atoms with E-state index in [-0.39, 0.29) is 11.4 Å². The number of aromatic nitrogens is 4. The second-order valence-electron chi connectivity index (χ2n) is 8.68. The van der Waals surface area contributed by atoms with Crippen molar-refractivity contribution >= 4 is 22.4 Å². The molecule has 0 saturated heterocycles. The Kier molecular flexibility index (Phi) is 4.67. The van der Waals surface area contributed by atoms with Crippen LogP contribution in [-0.4, -0.2) is 32.7 Å². The van der Waals surface area contributed by atoms with Crippen molar-refractivity contribution in [3.05, 3.63) is 65.6 Å². The Morgan fingerprint density at radius 3 is 2.64 bits per heavy atom. The summed E-state index contributed by atoms with van der Waals surface area (Å²) < 4.78 is 2.04. The van der Waals surface area contributed by atoms with Gasteiger partial charge in [-0.1, -0.05) is 23.5 Å². The van der Waals surface area contributed by atoms with Crippen LogP contribution in [-0.2, 0) is 23.2 Å². The highest BCUT2D eigenvalue weighted by atomic mass is 32.1. The molecule has 1 fully saturated rings. The molecule has 3 heterocycles. The number of nitrogens with zero attached hydrogens (tertiary/aromatic N) is 4. The first-order chi connectivity index (χ1) is 16.1. The first-order valence-electron chi connectivity index (χ1n) is 11.2. The fraction of sp³-hybridized carbons (Fsp3) is 0.280. The number of hydrogen-bond donors (Lipinski definition) is 2.